The second-order valence-corrected chi connectivity index (χ2v) is 5.74. The monoisotopic (exact) mass is 297 g/mol. The van der Waals surface area contributed by atoms with Crippen LogP contribution in [0.25, 0.3) is 0 Å². The number of sulfonamides is 1. The summed E-state index contributed by atoms with van der Waals surface area (Å²) < 4.78 is 28.0. The fraction of sp³-hybridized carbons (Fsp3) is 0.400. The normalized spacial score (nSPS) is 11.5. The van der Waals surface area contributed by atoms with E-state index in [1.54, 1.807) is 25.1 Å². The number of aryl methyl sites for hydroxylation is 1. The molecule has 2 heterocycles. The van der Waals surface area contributed by atoms with Crippen LogP contribution in [0.1, 0.15) is 5.82 Å². The molecule has 0 saturated heterocycles. The summed E-state index contributed by atoms with van der Waals surface area (Å²) in [5.74, 6) is 0.943. The lowest BCUT2D eigenvalue weighted by molar-refractivity contribution is 0.579. The Bertz CT molecular complexity index is 665. The number of anilines is 1. The molecule has 2 aromatic rings. The van der Waals surface area contributed by atoms with Gasteiger partial charge >= 0.3 is 0 Å². The summed E-state index contributed by atoms with van der Waals surface area (Å²) in [5.41, 5.74) is 0. The van der Waals surface area contributed by atoms with E-state index in [0.29, 0.717) is 18.2 Å². The topological polar surface area (TPSA) is 115 Å². The van der Waals surface area contributed by atoms with Crippen LogP contribution in [0.4, 0.5) is 5.95 Å². The molecule has 0 aliphatic rings. The SMILES string of the molecule is CNc1ncc(S(=O)(=O)NCCc2ncn(C)n2)cn1. The summed E-state index contributed by atoms with van der Waals surface area (Å²) in [7, 11) is -0.208. The molecule has 0 aliphatic carbocycles. The molecule has 0 aliphatic heterocycles. The van der Waals surface area contributed by atoms with Crippen molar-refractivity contribution in [3.8, 4) is 0 Å². The van der Waals surface area contributed by atoms with Crippen molar-refractivity contribution in [2.24, 2.45) is 7.05 Å². The zero-order valence-electron chi connectivity index (χ0n) is 11.1. The zero-order chi connectivity index (χ0) is 14.6. The van der Waals surface area contributed by atoms with Gasteiger partial charge in [-0.1, -0.05) is 0 Å². The van der Waals surface area contributed by atoms with Crippen LogP contribution in [0.5, 0.6) is 0 Å². The number of rotatable bonds is 6. The second kappa shape index (κ2) is 5.92. The van der Waals surface area contributed by atoms with Crippen LogP contribution in [-0.4, -0.2) is 46.7 Å². The van der Waals surface area contributed by atoms with Crippen molar-refractivity contribution >= 4 is 16.0 Å². The Morgan fingerprint density at radius 1 is 1.25 bits per heavy atom. The third-order valence-electron chi connectivity index (χ3n) is 2.45. The van der Waals surface area contributed by atoms with E-state index < -0.39 is 10.0 Å². The molecule has 2 N–H and O–H groups in total. The number of hydrogen-bond acceptors (Lipinski definition) is 7. The van der Waals surface area contributed by atoms with E-state index in [0.717, 1.165) is 0 Å². The molecule has 0 radical (unpaired) electrons. The first-order chi connectivity index (χ1) is 9.51. The van der Waals surface area contributed by atoms with E-state index in [2.05, 4.69) is 30.1 Å². The maximum atomic E-state index is 12.0. The van der Waals surface area contributed by atoms with Crippen LogP contribution in [0.15, 0.2) is 23.6 Å². The van der Waals surface area contributed by atoms with Gasteiger partial charge < -0.3 is 5.32 Å². The first kappa shape index (κ1) is 14.3. The molecule has 2 rings (SSSR count). The van der Waals surface area contributed by atoms with Crippen molar-refractivity contribution in [1.82, 2.24) is 29.5 Å². The van der Waals surface area contributed by atoms with Gasteiger partial charge in [0.1, 0.15) is 11.2 Å². The van der Waals surface area contributed by atoms with Gasteiger partial charge in [0.25, 0.3) is 0 Å². The Kier molecular flexibility index (Phi) is 4.25. The highest BCUT2D eigenvalue weighted by Gasteiger charge is 2.14. The van der Waals surface area contributed by atoms with E-state index >= 15 is 0 Å². The third kappa shape index (κ3) is 3.48. The lowest BCUT2D eigenvalue weighted by Gasteiger charge is -2.05. The van der Waals surface area contributed by atoms with E-state index in [4.69, 9.17) is 0 Å². The van der Waals surface area contributed by atoms with Crippen molar-refractivity contribution in [3.63, 3.8) is 0 Å². The molecule has 20 heavy (non-hydrogen) atoms. The average molecular weight is 297 g/mol. The van der Waals surface area contributed by atoms with Gasteiger partial charge in [-0.25, -0.2) is 28.1 Å². The smallest absolute Gasteiger partial charge is 0.243 e. The summed E-state index contributed by atoms with van der Waals surface area (Å²) in [6.07, 6.45) is 4.48. The van der Waals surface area contributed by atoms with Crippen molar-refractivity contribution < 1.29 is 8.42 Å². The second-order valence-electron chi connectivity index (χ2n) is 3.97. The Hall–Kier alpha value is -2.07. The highest BCUT2D eigenvalue weighted by atomic mass is 32.2. The van der Waals surface area contributed by atoms with Crippen LogP contribution >= 0.6 is 0 Å². The summed E-state index contributed by atoms with van der Waals surface area (Å²) in [6, 6.07) is 0. The highest BCUT2D eigenvalue weighted by Crippen LogP contribution is 2.06. The third-order valence-corrected chi connectivity index (χ3v) is 3.87. The Balaban J connectivity index is 1.96. The van der Waals surface area contributed by atoms with Gasteiger partial charge in [-0.15, -0.1) is 0 Å². The molecule has 9 nitrogen and oxygen atoms in total. The number of hydrogen-bond donors (Lipinski definition) is 2. The number of nitrogens with zero attached hydrogens (tertiary/aromatic N) is 5. The molecule has 0 spiro atoms. The van der Waals surface area contributed by atoms with Crippen molar-refractivity contribution in [3.05, 3.63) is 24.5 Å². The van der Waals surface area contributed by atoms with Crippen LogP contribution in [0.3, 0.4) is 0 Å². The largest absolute Gasteiger partial charge is 0.357 e. The van der Waals surface area contributed by atoms with Crippen LogP contribution in [-0.2, 0) is 23.5 Å². The van der Waals surface area contributed by atoms with Gasteiger partial charge in [-0.2, -0.15) is 5.10 Å². The van der Waals surface area contributed by atoms with Gasteiger partial charge in [0.05, 0.1) is 12.4 Å². The summed E-state index contributed by atoms with van der Waals surface area (Å²) in [5, 5.41) is 6.78. The first-order valence-corrected chi connectivity index (χ1v) is 7.33. The van der Waals surface area contributed by atoms with Gasteiger partial charge in [-0.05, 0) is 0 Å². The predicted molar refractivity (Wildman–Crippen MR) is 71.5 cm³/mol. The molecule has 2 aromatic heterocycles. The lowest BCUT2D eigenvalue weighted by Crippen LogP contribution is -2.26. The molecule has 10 heteroatoms. The van der Waals surface area contributed by atoms with E-state index in [1.807, 2.05) is 0 Å². The number of nitrogens with one attached hydrogen (secondary N) is 2. The molecule has 0 unspecified atom stereocenters. The lowest BCUT2D eigenvalue weighted by atomic mass is 10.4. The summed E-state index contributed by atoms with van der Waals surface area (Å²) in [6.45, 7) is 0.208. The quantitative estimate of drug-likeness (QED) is 0.715. The molecule has 0 saturated carbocycles. The van der Waals surface area contributed by atoms with Crippen molar-refractivity contribution in [1.29, 1.82) is 0 Å². The van der Waals surface area contributed by atoms with E-state index in [1.165, 1.54) is 12.4 Å². The first-order valence-electron chi connectivity index (χ1n) is 5.85. The highest BCUT2D eigenvalue weighted by molar-refractivity contribution is 7.89. The molecule has 108 valence electrons. The molecule has 0 fully saturated rings. The zero-order valence-corrected chi connectivity index (χ0v) is 11.9. The number of aromatic nitrogens is 5. The van der Waals surface area contributed by atoms with E-state index in [-0.39, 0.29) is 11.4 Å². The average Bonchev–Trinajstić information content (AvgIpc) is 2.84. The van der Waals surface area contributed by atoms with Gasteiger partial charge in [0, 0.05) is 27.1 Å². The molecule has 0 aromatic carbocycles. The van der Waals surface area contributed by atoms with Gasteiger partial charge in [0.15, 0.2) is 5.82 Å². The maximum Gasteiger partial charge on any atom is 0.243 e. The van der Waals surface area contributed by atoms with Gasteiger partial charge in [-0.3, -0.25) is 4.68 Å². The Morgan fingerprint density at radius 3 is 2.50 bits per heavy atom. The fourth-order valence-corrected chi connectivity index (χ4v) is 2.38. The minimum atomic E-state index is -3.61. The van der Waals surface area contributed by atoms with Crippen LogP contribution in [0, 0.1) is 0 Å². The minimum absolute atomic E-state index is 0.0190. The van der Waals surface area contributed by atoms with Crippen LogP contribution in [0.2, 0.25) is 0 Å². The Labute approximate surface area is 116 Å². The molecule has 0 amide bonds. The summed E-state index contributed by atoms with van der Waals surface area (Å²) in [4.78, 5) is 11.8. The standard InChI is InChI=1S/C10H15N7O2S/c1-11-10-12-5-8(6-13-10)20(18,19)15-4-3-9-14-7-17(2)16-9/h5-7,15H,3-4H2,1-2H3,(H,11,12,13). The fourth-order valence-electron chi connectivity index (χ4n) is 1.46. The van der Waals surface area contributed by atoms with Crippen LogP contribution < -0.4 is 10.0 Å². The molecule has 0 bridgehead atoms. The van der Waals surface area contributed by atoms with Crippen molar-refractivity contribution in [2.45, 2.75) is 11.3 Å². The Morgan fingerprint density at radius 2 is 1.95 bits per heavy atom. The minimum Gasteiger partial charge on any atom is -0.357 e. The van der Waals surface area contributed by atoms with E-state index in [9.17, 15) is 8.42 Å². The molecular weight excluding hydrogens is 282 g/mol. The molecule has 0 atom stereocenters. The van der Waals surface area contributed by atoms with Crippen molar-refractivity contribution in [2.75, 3.05) is 18.9 Å². The van der Waals surface area contributed by atoms with Gasteiger partial charge in [0.2, 0.25) is 16.0 Å². The molecular formula is C10H15N7O2S. The predicted octanol–water partition coefficient (Wildman–Crippen LogP) is -0.832. The summed E-state index contributed by atoms with van der Waals surface area (Å²) >= 11 is 0. The maximum absolute atomic E-state index is 12.0.